The van der Waals surface area contributed by atoms with Gasteiger partial charge in [-0.3, -0.25) is 9.59 Å². The molecule has 1 saturated carbocycles. The first-order valence-electron chi connectivity index (χ1n) is 18.3. The molecule has 3 N–H and O–H groups in total. The quantitative estimate of drug-likeness (QED) is 0.251. The molecule has 8 nitrogen and oxygen atoms in total. The van der Waals surface area contributed by atoms with Crippen molar-refractivity contribution in [3.63, 3.8) is 0 Å². The van der Waals surface area contributed by atoms with Crippen molar-refractivity contribution < 1.29 is 63.3 Å². The Bertz CT molecular complexity index is 828. The number of hydrogen-bond acceptors (Lipinski definition) is 8. The third-order valence-corrected chi connectivity index (χ3v) is 8.77. The van der Waals surface area contributed by atoms with E-state index in [2.05, 4.69) is 10.3 Å². The maximum absolute atomic E-state index is 12.7. The van der Waals surface area contributed by atoms with E-state index in [1.807, 2.05) is 27.7 Å². The SMILES string of the molecule is CC.CC.CCOC(=O)C1CCCCCCCCCC(CCN)C1=O.O=C(OF)/C1=C2\NCC([O-])C2CCCCCCCCC1.[Na+]. The molecule has 0 amide bonds. The molecule has 0 aromatic carbocycles. The Morgan fingerprint density at radius 2 is 1.35 bits per heavy atom. The van der Waals surface area contributed by atoms with E-state index in [1.165, 1.54) is 38.5 Å². The Kier molecular flexibility index (Phi) is 32.0. The van der Waals surface area contributed by atoms with Crippen LogP contribution in [0, 0.1) is 17.8 Å². The summed E-state index contributed by atoms with van der Waals surface area (Å²) < 4.78 is 17.4. The predicted molar refractivity (Wildman–Crippen MR) is 178 cm³/mol. The standard InChI is InChI=1S/C17H31NO3.C15H23FNO3.2C2H6.Na/c1-2-21-17(20)15-11-9-7-5-3-4-6-8-10-14(12-13-18)16(15)19;16-20-15(19)12-9-7-5-3-1-2-4-6-8-11-13(18)10-17-14(11)12;2*1-2;/h14-15H,2-13,18H2,1H3;11,13,17H,1-10H2;2*1-2H3;/q;-1;;;+1/b;14-12-;;;. The Hall–Kier alpha value is -1.000. The number of ketones is 1. The summed E-state index contributed by atoms with van der Waals surface area (Å²) in [4.78, 5) is 39.9. The molecule has 3 aliphatic rings. The molecule has 0 bridgehead atoms. The number of carbonyl (C=O) groups is 3. The van der Waals surface area contributed by atoms with Crippen LogP contribution in [0.5, 0.6) is 0 Å². The number of nitrogens with one attached hydrogen (secondary N) is 1. The topological polar surface area (TPSA) is 131 Å². The minimum absolute atomic E-state index is 0. The second-order valence-corrected chi connectivity index (χ2v) is 11.8. The number of hydrogen-bond donors (Lipinski definition) is 2. The van der Waals surface area contributed by atoms with E-state index in [0.717, 1.165) is 64.2 Å². The van der Waals surface area contributed by atoms with Crippen LogP contribution >= 0.6 is 0 Å². The fourth-order valence-electron chi connectivity index (χ4n) is 6.43. The molecule has 0 aromatic heterocycles. The van der Waals surface area contributed by atoms with Gasteiger partial charge in [0.1, 0.15) is 11.7 Å². The largest absolute Gasteiger partial charge is 1.00 e. The van der Waals surface area contributed by atoms with Crippen LogP contribution in [0.15, 0.2) is 11.3 Å². The summed E-state index contributed by atoms with van der Waals surface area (Å²) in [6.07, 6.45) is 18.3. The van der Waals surface area contributed by atoms with Crippen LogP contribution in [-0.2, 0) is 24.1 Å². The van der Waals surface area contributed by atoms with E-state index < -0.39 is 18.0 Å². The van der Waals surface area contributed by atoms with Crippen molar-refractivity contribution >= 4 is 17.7 Å². The maximum atomic E-state index is 12.7. The molecule has 4 unspecified atom stereocenters. The average molecular weight is 665 g/mol. The fourth-order valence-corrected chi connectivity index (χ4v) is 6.43. The summed E-state index contributed by atoms with van der Waals surface area (Å²) in [6, 6.07) is 0. The monoisotopic (exact) mass is 664 g/mol. The van der Waals surface area contributed by atoms with Crippen molar-refractivity contribution in [1.82, 2.24) is 5.32 Å². The summed E-state index contributed by atoms with van der Waals surface area (Å²) in [5, 5.41) is 15.0. The molecule has 3 rings (SSSR count). The van der Waals surface area contributed by atoms with Crippen molar-refractivity contribution in [2.45, 2.75) is 163 Å². The molecule has 2 aliphatic carbocycles. The minimum atomic E-state index is -0.927. The second kappa shape index (κ2) is 31.3. The molecular weight excluding hydrogens is 598 g/mol. The molecule has 0 radical (unpaired) electrons. The molecule has 0 spiro atoms. The second-order valence-electron chi connectivity index (χ2n) is 11.8. The average Bonchev–Trinajstić information content (AvgIpc) is 3.41. The van der Waals surface area contributed by atoms with Gasteiger partial charge in [-0.25, -0.2) is 9.74 Å². The van der Waals surface area contributed by atoms with Gasteiger partial charge < -0.3 is 20.9 Å². The molecule has 1 heterocycles. The molecule has 0 aromatic rings. The van der Waals surface area contributed by atoms with Gasteiger partial charge in [-0.05, 0) is 57.9 Å². The third-order valence-electron chi connectivity index (χ3n) is 8.77. The van der Waals surface area contributed by atoms with Crippen LogP contribution < -0.4 is 45.7 Å². The summed E-state index contributed by atoms with van der Waals surface area (Å²) in [7, 11) is 0. The Balaban J connectivity index is 0. The summed E-state index contributed by atoms with van der Waals surface area (Å²) in [5.41, 5.74) is 6.64. The van der Waals surface area contributed by atoms with Crippen LogP contribution in [0.2, 0.25) is 0 Å². The molecule has 10 heteroatoms. The van der Waals surface area contributed by atoms with Crippen LogP contribution in [0.3, 0.4) is 0 Å². The first-order chi connectivity index (χ1) is 21.9. The molecule has 1 saturated heterocycles. The molecule has 46 heavy (non-hydrogen) atoms. The number of ether oxygens (including phenoxy) is 1. The molecule has 4 atom stereocenters. The number of nitrogens with two attached hydrogens (primary N) is 1. The smallest absolute Gasteiger partial charge is 0.850 e. The van der Waals surface area contributed by atoms with Crippen LogP contribution in [0.1, 0.15) is 157 Å². The van der Waals surface area contributed by atoms with Gasteiger partial charge in [0, 0.05) is 22.7 Å². The summed E-state index contributed by atoms with van der Waals surface area (Å²) >= 11 is 0. The van der Waals surface area contributed by atoms with Crippen molar-refractivity contribution in [2.24, 2.45) is 23.5 Å². The fraction of sp³-hybridized carbons (Fsp3) is 0.861. The predicted octanol–water partition coefficient (Wildman–Crippen LogP) is 4.42. The zero-order chi connectivity index (χ0) is 33.9. The van der Waals surface area contributed by atoms with E-state index in [4.69, 9.17) is 10.5 Å². The van der Waals surface area contributed by atoms with Gasteiger partial charge in [-0.15, -0.1) is 6.10 Å². The Labute approximate surface area is 302 Å². The van der Waals surface area contributed by atoms with Gasteiger partial charge in [-0.1, -0.05) is 111 Å². The number of fused-ring (bicyclic) bond motifs is 1. The van der Waals surface area contributed by atoms with Gasteiger partial charge in [0.2, 0.25) is 0 Å². The van der Waals surface area contributed by atoms with E-state index in [1.54, 1.807) is 6.92 Å². The summed E-state index contributed by atoms with van der Waals surface area (Å²) in [6.45, 7) is 11.0. The van der Waals surface area contributed by atoms with Gasteiger partial charge in [0.05, 0.1) is 12.2 Å². The molecule has 2 fully saturated rings. The van der Waals surface area contributed by atoms with Gasteiger partial charge in [0.25, 0.3) is 0 Å². The number of rotatable bonds is 5. The molecule has 1 aliphatic heterocycles. The van der Waals surface area contributed by atoms with E-state index in [0.29, 0.717) is 50.2 Å². The van der Waals surface area contributed by atoms with Gasteiger partial charge >= 0.3 is 41.5 Å². The number of halogens is 1. The number of Topliss-reactive ketones (excluding diaryl/α,β-unsaturated/α-hetero) is 1. The zero-order valence-electron chi connectivity index (χ0n) is 30.3. The van der Waals surface area contributed by atoms with Crippen molar-refractivity contribution in [3.8, 4) is 0 Å². The molecular formula is C36H66FN2NaO6. The normalized spacial score (nSPS) is 26.1. The summed E-state index contributed by atoms with van der Waals surface area (Å²) in [5.74, 6) is -2.02. The number of esters is 1. The minimum Gasteiger partial charge on any atom is -0.850 e. The Morgan fingerprint density at radius 3 is 1.87 bits per heavy atom. The van der Waals surface area contributed by atoms with Gasteiger partial charge in [-0.2, -0.15) is 0 Å². The zero-order valence-corrected chi connectivity index (χ0v) is 32.3. The maximum Gasteiger partial charge on any atom is 1.00 e. The van der Waals surface area contributed by atoms with Crippen molar-refractivity contribution in [1.29, 1.82) is 0 Å². The van der Waals surface area contributed by atoms with E-state index in [-0.39, 0.29) is 53.1 Å². The van der Waals surface area contributed by atoms with Crippen molar-refractivity contribution in [3.05, 3.63) is 11.3 Å². The van der Waals surface area contributed by atoms with E-state index >= 15 is 0 Å². The molecule has 264 valence electrons. The van der Waals surface area contributed by atoms with Crippen LogP contribution in [0.4, 0.5) is 4.53 Å². The van der Waals surface area contributed by atoms with Crippen LogP contribution in [-0.4, -0.2) is 43.5 Å². The van der Waals surface area contributed by atoms with Crippen molar-refractivity contribution in [2.75, 3.05) is 19.7 Å². The first kappa shape index (κ1) is 47.1. The number of carbonyl (C=O) groups excluding carboxylic acids is 3. The van der Waals surface area contributed by atoms with Crippen LogP contribution in [0.25, 0.3) is 0 Å². The third kappa shape index (κ3) is 18.5. The first-order valence-corrected chi connectivity index (χ1v) is 18.3. The van der Waals surface area contributed by atoms with E-state index in [9.17, 15) is 24.0 Å². The van der Waals surface area contributed by atoms with Gasteiger partial charge in [0.15, 0.2) is 0 Å². The Morgan fingerprint density at radius 1 is 0.848 bits per heavy atom.